The molecule has 2 bridgehead atoms. The van der Waals surface area contributed by atoms with Crippen LogP contribution in [0.25, 0.3) is 0 Å². The minimum atomic E-state index is -1.24. The highest BCUT2D eigenvalue weighted by atomic mass is 35.5. The Balaban J connectivity index is 1.61. The number of alkyl halides is 1. The van der Waals surface area contributed by atoms with Crippen LogP contribution in [0, 0.1) is 0 Å². The Morgan fingerprint density at radius 1 is 1.29 bits per heavy atom. The fourth-order valence-electron chi connectivity index (χ4n) is 3.65. The molecule has 4 rings (SSSR count). The lowest BCUT2D eigenvalue weighted by atomic mass is 9.98. The third-order valence-corrected chi connectivity index (χ3v) is 5.45. The number of halogens is 3. The van der Waals surface area contributed by atoms with Crippen molar-refractivity contribution in [3.8, 4) is 0 Å². The zero-order valence-corrected chi connectivity index (χ0v) is 14.0. The van der Waals surface area contributed by atoms with Crippen LogP contribution in [0.1, 0.15) is 36.3 Å². The zero-order valence-electron chi connectivity index (χ0n) is 12.5. The number of aliphatic hydroxyl groups excluding tert-OH is 1. The van der Waals surface area contributed by atoms with E-state index in [1.54, 1.807) is 29.3 Å². The van der Waals surface area contributed by atoms with Gasteiger partial charge in [-0.2, -0.15) is 0 Å². The van der Waals surface area contributed by atoms with Crippen molar-refractivity contribution in [2.75, 3.05) is 5.32 Å². The molecule has 5 nitrogen and oxygen atoms in total. The highest BCUT2D eigenvalue weighted by Gasteiger charge is 2.49. The number of nitrogens with one attached hydrogen (secondary N) is 1. The molecule has 126 valence electrons. The zero-order chi connectivity index (χ0) is 16.8. The van der Waals surface area contributed by atoms with E-state index in [0.29, 0.717) is 27.8 Å². The average molecular weight is 369 g/mol. The number of benzene rings is 1. The highest BCUT2D eigenvalue weighted by molar-refractivity contribution is 6.42. The molecule has 2 aliphatic heterocycles. The smallest absolute Gasteiger partial charge is 0.184 e. The Hall–Kier alpha value is -1.47. The summed E-state index contributed by atoms with van der Waals surface area (Å²) < 4.78 is 14.8. The molecule has 0 saturated carbocycles. The van der Waals surface area contributed by atoms with Crippen molar-refractivity contribution in [2.45, 2.75) is 37.4 Å². The molecule has 0 amide bonds. The molecule has 1 aromatic carbocycles. The molecule has 4 unspecified atom stereocenters. The van der Waals surface area contributed by atoms with Crippen molar-refractivity contribution in [3.63, 3.8) is 0 Å². The lowest BCUT2D eigenvalue weighted by Gasteiger charge is -2.40. The number of aliphatic hydroxyl groups is 1. The molecule has 2 N–H and O–H groups in total. The molecule has 1 fully saturated rings. The average Bonchev–Trinajstić information content (AvgIpc) is 2.96. The predicted octanol–water partition coefficient (Wildman–Crippen LogP) is 3.70. The minimum absolute atomic E-state index is 0.108. The first kappa shape index (κ1) is 16.0. The predicted molar refractivity (Wildman–Crippen MR) is 89.6 cm³/mol. The van der Waals surface area contributed by atoms with Gasteiger partial charge in [0.15, 0.2) is 12.5 Å². The van der Waals surface area contributed by atoms with Crippen LogP contribution in [0.5, 0.6) is 0 Å². The second kappa shape index (κ2) is 6.11. The summed E-state index contributed by atoms with van der Waals surface area (Å²) in [6.07, 6.45) is 2.12. The molecule has 3 heterocycles. The quantitative estimate of drug-likeness (QED) is 0.808. The van der Waals surface area contributed by atoms with Crippen LogP contribution in [0.4, 0.5) is 10.1 Å². The maximum Gasteiger partial charge on any atom is 0.184 e. The molecule has 24 heavy (non-hydrogen) atoms. The van der Waals surface area contributed by atoms with Crippen LogP contribution in [0.3, 0.4) is 0 Å². The lowest BCUT2D eigenvalue weighted by Crippen LogP contribution is -2.49. The summed E-state index contributed by atoms with van der Waals surface area (Å²) >= 11 is 11.9. The Morgan fingerprint density at radius 3 is 2.92 bits per heavy atom. The van der Waals surface area contributed by atoms with Crippen LogP contribution in [-0.4, -0.2) is 32.4 Å². The van der Waals surface area contributed by atoms with Crippen molar-refractivity contribution in [1.82, 2.24) is 14.9 Å². The summed E-state index contributed by atoms with van der Waals surface area (Å²) in [6.45, 7) is 0. The summed E-state index contributed by atoms with van der Waals surface area (Å²) in [5, 5.41) is 14.4. The topological polar surface area (TPSA) is 61.3 Å². The van der Waals surface area contributed by atoms with Gasteiger partial charge < -0.3 is 10.4 Å². The highest BCUT2D eigenvalue weighted by Crippen LogP contribution is 2.49. The number of hydrogen-bond acceptors (Lipinski definition) is 5. The first-order valence-electron chi connectivity index (χ1n) is 7.67. The maximum absolute atomic E-state index is 14.8. The molecule has 0 radical (unpaired) electrons. The first-order valence-corrected chi connectivity index (χ1v) is 8.43. The van der Waals surface area contributed by atoms with Crippen LogP contribution in [0.2, 0.25) is 10.0 Å². The lowest BCUT2D eigenvalue weighted by molar-refractivity contribution is -0.0418. The number of hydrogen-bond donors (Lipinski definition) is 2. The van der Waals surface area contributed by atoms with E-state index in [1.807, 2.05) is 0 Å². The van der Waals surface area contributed by atoms with E-state index in [2.05, 4.69) is 15.3 Å². The Kier molecular flexibility index (Phi) is 4.08. The van der Waals surface area contributed by atoms with Gasteiger partial charge in [-0.25, -0.2) is 19.3 Å². The summed E-state index contributed by atoms with van der Waals surface area (Å²) in [6, 6.07) is 4.47. The van der Waals surface area contributed by atoms with E-state index >= 15 is 0 Å². The third kappa shape index (κ3) is 2.54. The normalized spacial score (nSPS) is 26.9. The van der Waals surface area contributed by atoms with Gasteiger partial charge in [-0.15, -0.1) is 0 Å². The molecular weight excluding hydrogens is 354 g/mol. The van der Waals surface area contributed by atoms with Gasteiger partial charge in [-0.1, -0.05) is 23.2 Å². The molecule has 2 aliphatic rings. The number of nitrogens with zero attached hydrogens (tertiary/aromatic N) is 3. The summed E-state index contributed by atoms with van der Waals surface area (Å²) in [5.74, 6) is 0. The largest absolute Gasteiger partial charge is 0.361 e. The van der Waals surface area contributed by atoms with E-state index in [4.69, 9.17) is 23.2 Å². The monoisotopic (exact) mass is 368 g/mol. The number of fused-ring (bicyclic) bond motifs is 4. The van der Waals surface area contributed by atoms with E-state index in [0.717, 1.165) is 12.0 Å². The number of rotatable bonds is 3. The van der Waals surface area contributed by atoms with Gasteiger partial charge in [-0.3, -0.25) is 0 Å². The van der Waals surface area contributed by atoms with Crippen LogP contribution in [0.15, 0.2) is 30.7 Å². The molecular formula is C16H15Cl2FN4O. The van der Waals surface area contributed by atoms with Crippen LogP contribution in [-0.2, 0) is 0 Å². The van der Waals surface area contributed by atoms with Crippen molar-refractivity contribution in [3.05, 3.63) is 52.0 Å². The van der Waals surface area contributed by atoms with Gasteiger partial charge >= 0.3 is 0 Å². The molecule has 0 aliphatic carbocycles. The fourth-order valence-corrected chi connectivity index (χ4v) is 3.95. The number of aromatic nitrogens is 2. The number of anilines is 1. The summed E-state index contributed by atoms with van der Waals surface area (Å²) in [4.78, 5) is 9.85. The van der Waals surface area contributed by atoms with Crippen molar-refractivity contribution < 1.29 is 9.50 Å². The molecule has 1 aromatic heterocycles. The van der Waals surface area contributed by atoms with Crippen LogP contribution < -0.4 is 5.32 Å². The third-order valence-electron chi connectivity index (χ3n) is 4.71. The van der Waals surface area contributed by atoms with Gasteiger partial charge in [-0.05, 0) is 31.0 Å². The second-order valence-corrected chi connectivity index (χ2v) is 6.83. The van der Waals surface area contributed by atoms with Crippen molar-refractivity contribution in [2.24, 2.45) is 0 Å². The maximum atomic E-state index is 14.8. The minimum Gasteiger partial charge on any atom is -0.361 e. The molecule has 2 aromatic rings. The first-order chi connectivity index (χ1) is 11.6. The van der Waals surface area contributed by atoms with E-state index in [-0.39, 0.29) is 6.04 Å². The van der Waals surface area contributed by atoms with Crippen LogP contribution >= 0.6 is 23.2 Å². The van der Waals surface area contributed by atoms with E-state index in [9.17, 15) is 9.50 Å². The molecule has 4 atom stereocenters. The SMILES string of the molecule is OC(Nc1ccc(Cl)c(Cl)c1)N1C2CCC1C(F)c1ncncc12. The summed E-state index contributed by atoms with van der Waals surface area (Å²) in [5.41, 5.74) is 1.80. The fraction of sp³-hybridized carbons (Fsp3) is 0.375. The van der Waals surface area contributed by atoms with Gasteiger partial charge in [0.2, 0.25) is 0 Å². The standard InChI is InChI=1S/C16H15Cl2FN4O/c17-10-2-1-8(5-11(10)18)22-16(24)23-12-3-4-13(23)14(19)15-9(12)6-20-7-21-15/h1-2,5-7,12-14,16,22,24H,3-4H2. The molecule has 0 spiro atoms. The molecule has 8 heteroatoms. The van der Waals surface area contributed by atoms with Gasteiger partial charge in [0.1, 0.15) is 6.33 Å². The Bertz CT molecular complexity index is 777. The Labute approximate surface area is 148 Å². The van der Waals surface area contributed by atoms with Crippen molar-refractivity contribution in [1.29, 1.82) is 0 Å². The van der Waals surface area contributed by atoms with Gasteiger partial charge in [0, 0.05) is 23.5 Å². The van der Waals surface area contributed by atoms with Gasteiger partial charge in [0.25, 0.3) is 0 Å². The van der Waals surface area contributed by atoms with E-state index in [1.165, 1.54) is 6.33 Å². The molecule has 1 saturated heterocycles. The van der Waals surface area contributed by atoms with Gasteiger partial charge in [0.05, 0.1) is 21.8 Å². The van der Waals surface area contributed by atoms with E-state index < -0.39 is 18.6 Å². The second-order valence-electron chi connectivity index (χ2n) is 6.02. The summed E-state index contributed by atoms with van der Waals surface area (Å²) in [7, 11) is 0. The Morgan fingerprint density at radius 2 is 2.12 bits per heavy atom. The van der Waals surface area contributed by atoms with Crippen molar-refractivity contribution >= 4 is 28.9 Å².